The Morgan fingerprint density at radius 2 is 2.19 bits per heavy atom. The molecule has 1 atom stereocenters. The number of allylic oxidation sites excluding steroid dienone is 1. The molecule has 1 rings (SSSR count). The van der Waals surface area contributed by atoms with Crippen molar-refractivity contribution in [3.8, 4) is 5.75 Å². The molecule has 1 N–H and O–H groups in total. The highest BCUT2D eigenvalue weighted by molar-refractivity contribution is 5.37. The molecule has 16 heavy (non-hydrogen) atoms. The lowest BCUT2D eigenvalue weighted by Crippen LogP contribution is -2.12. The average Bonchev–Trinajstić information content (AvgIpc) is 2.30. The first-order valence-corrected chi connectivity index (χ1v) is 5.70. The van der Waals surface area contributed by atoms with E-state index in [9.17, 15) is 0 Å². The van der Waals surface area contributed by atoms with Crippen LogP contribution in [0.15, 0.2) is 30.4 Å². The molecule has 2 heteroatoms. The summed E-state index contributed by atoms with van der Waals surface area (Å²) >= 11 is 0. The van der Waals surface area contributed by atoms with Crippen LogP contribution in [-0.4, -0.2) is 13.7 Å². The highest BCUT2D eigenvalue weighted by atomic mass is 16.5. The van der Waals surface area contributed by atoms with Crippen molar-refractivity contribution < 1.29 is 4.74 Å². The molecule has 88 valence electrons. The molecule has 0 saturated carbocycles. The van der Waals surface area contributed by atoms with Gasteiger partial charge in [0.2, 0.25) is 0 Å². The predicted octanol–water partition coefficient (Wildman–Crippen LogP) is 3.23. The third kappa shape index (κ3) is 3.38. The Balaban J connectivity index is 2.75. The van der Waals surface area contributed by atoms with Crippen LogP contribution in [-0.2, 0) is 0 Å². The van der Waals surface area contributed by atoms with Crippen molar-refractivity contribution in [1.82, 2.24) is 5.32 Å². The molecular weight excluding hydrogens is 198 g/mol. The third-order valence-electron chi connectivity index (χ3n) is 2.70. The lowest BCUT2D eigenvalue weighted by Gasteiger charge is -2.13. The maximum atomic E-state index is 5.64. The van der Waals surface area contributed by atoms with Gasteiger partial charge in [-0.2, -0.15) is 0 Å². The monoisotopic (exact) mass is 219 g/mol. The highest BCUT2D eigenvalue weighted by Gasteiger charge is 2.05. The molecule has 0 fully saturated rings. The summed E-state index contributed by atoms with van der Waals surface area (Å²) in [6.07, 6.45) is 4.00. The van der Waals surface area contributed by atoms with Crippen LogP contribution in [0.3, 0.4) is 0 Å². The second-order valence-corrected chi connectivity index (χ2v) is 3.92. The van der Waals surface area contributed by atoms with Gasteiger partial charge >= 0.3 is 0 Å². The lowest BCUT2D eigenvalue weighted by molar-refractivity contribution is 0.360. The first-order chi connectivity index (χ1) is 7.69. The summed E-state index contributed by atoms with van der Waals surface area (Å²) in [5.41, 5.74) is 2.47. The van der Waals surface area contributed by atoms with Crippen LogP contribution in [0.1, 0.15) is 31.0 Å². The minimum atomic E-state index is 0.378. The molecule has 1 unspecified atom stereocenters. The van der Waals surface area contributed by atoms with E-state index in [1.165, 1.54) is 11.1 Å². The summed E-state index contributed by atoms with van der Waals surface area (Å²) in [4.78, 5) is 0. The van der Waals surface area contributed by atoms with Gasteiger partial charge in [-0.05, 0) is 45.0 Å². The molecule has 0 spiro atoms. The number of aryl methyl sites for hydroxylation is 1. The van der Waals surface area contributed by atoms with E-state index in [2.05, 4.69) is 31.3 Å². The molecule has 0 bridgehead atoms. The SMILES string of the molecule is C/C=C/COc1ccc(C(C)NC)cc1C. The van der Waals surface area contributed by atoms with Gasteiger partial charge in [-0.15, -0.1) is 0 Å². The molecule has 1 aromatic rings. The fourth-order valence-electron chi connectivity index (χ4n) is 1.50. The van der Waals surface area contributed by atoms with E-state index in [-0.39, 0.29) is 0 Å². The number of rotatable bonds is 5. The molecule has 0 saturated heterocycles. The average molecular weight is 219 g/mol. The zero-order valence-electron chi connectivity index (χ0n) is 10.6. The largest absolute Gasteiger partial charge is 0.489 e. The Bertz CT molecular complexity index is 358. The van der Waals surface area contributed by atoms with E-state index >= 15 is 0 Å². The fourth-order valence-corrected chi connectivity index (χ4v) is 1.50. The summed E-state index contributed by atoms with van der Waals surface area (Å²) < 4.78 is 5.64. The van der Waals surface area contributed by atoms with E-state index in [1.807, 2.05) is 32.2 Å². The number of benzene rings is 1. The molecule has 0 aromatic heterocycles. The molecule has 2 nitrogen and oxygen atoms in total. The smallest absolute Gasteiger partial charge is 0.122 e. The third-order valence-corrected chi connectivity index (χ3v) is 2.70. The molecule has 0 radical (unpaired) electrons. The van der Waals surface area contributed by atoms with Crippen molar-refractivity contribution in [2.75, 3.05) is 13.7 Å². The van der Waals surface area contributed by atoms with Gasteiger partial charge in [0.05, 0.1) is 0 Å². The van der Waals surface area contributed by atoms with Crippen molar-refractivity contribution in [2.24, 2.45) is 0 Å². The maximum Gasteiger partial charge on any atom is 0.122 e. The summed E-state index contributed by atoms with van der Waals surface area (Å²) in [6, 6.07) is 6.70. The minimum Gasteiger partial charge on any atom is -0.489 e. The van der Waals surface area contributed by atoms with Gasteiger partial charge in [0.15, 0.2) is 0 Å². The standard InChI is InChI=1S/C14H21NO/c1-5-6-9-16-14-8-7-13(10-11(14)2)12(3)15-4/h5-8,10,12,15H,9H2,1-4H3/b6-5+. The quantitative estimate of drug-likeness (QED) is 0.768. The summed E-state index contributed by atoms with van der Waals surface area (Å²) in [5.74, 6) is 0.963. The van der Waals surface area contributed by atoms with Crippen LogP contribution in [0.25, 0.3) is 0 Å². The van der Waals surface area contributed by atoms with E-state index < -0.39 is 0 Å². The van der Waals surface area contributed by atoms with Crippen molar-refractivity contribution >= 4 is 0 Å². The molecular formula is C14H21NO. The summed E-state index contributed by atoms with van der Waals surface area (Å²) in [6.45, 7) is 6.86. The number of ether oxygens (including phenoxy) is 1. The first kappa shape index (κ1) is 12.8. The normalized spacial score (nSPS) is 13.0. The van der Waals surface area contributed by atoms with E-state index in [1.54, 1.807) is 0 Å². The van der Waals surface area contributed by atoms with Gasteiger partial charge in [0.25, 0.3) is 0 Å². The van der Waals surface area contributed by atoms with Gasteiger partial charge in [-0.3, -0.25) is 0 Å². The Kier molecular flexibility index (Phi) is 5.06. The lowest BCUT2D eigenvalue weighted by atomic mass is 10.1. The van der Waals surface area contributed by atoms with Crippen LogP contribution in [0.2, 0.25) is 0 Å². The number of nitrogens with one attached hydrogen (secondary N) is 1. The van der Waals surface area contributed by atoms with Crippen LogP contribution in [0.5, 0.6) is 5.75 Å². The van der Waals surface area contributed by atoms with Crippen molar-refractivity contribution in [3.63, 3.8) is 0 Å². The summed E-state index contributed by atoms with van der Waals surface area (Å²) in [7, 11) is 1.97. The Morgan fingerprint density at radius 3 is 2.75 bits per heavy atom. The Morgan fingerprint density at radius 1 is 1.44 bits per heavy atom. The fraction of sp³-hybridized carbons (Fsp3) is 0.429. The van der Waals surface area contributed by atoms with Gasteiger partial charge in [0.1, 0.15) is 12.4 Å². The van der Waals surface area contributed by atoms with Crippen LogP contribution in [0, 0.1) is 6.92 Å². The maximum absolute atomic E-state index is 5.64. The molecule has 0 aliphatic rings. The van der Waals surface area contributed by atoms with Crippen molar-refractivity contribution in [1.29, 1.82) is 0 Å². The summed E-state index contributed by atoms with van der Waals surface area (Å²) in [5, 5.41) is 3.23. The van der Waals surface area contributed by atoms with E-state index in [0.29, 0.717) is 12.6 Å². The van der Waals surface area contributed by atoms with E-state index in [0.717, 1.165) is 5.75 Å². The molecule has 0 amide bonds. The molecule has 0 aliphatic heterocycles. The zero-order chi connectivity index (χ0) is 12.0. The second kappa shape index (κ2) is 6.33. The predicted molar refractivity (Wildman–Crippen MR) is 69.0 cm³/mol. The highest BCUT2D eigenvalue weighted by Crippen LogP contribution is 2.22. The molecule has 0 aliphatic carbocycles. The number of hydrogen-bond donors (Lipinski definition) is 1. The molecule has 1 aromatic carbocycles. The first-order valence-electron chi connectivity index (χ1n) is 5.70. The van der Waals surface area contributed by atoms with Crippen molar-refractivity contribution in [2.45, 2.75) is 26.8 Å². The van der Waals surface area contributed by atoms with Gasteiger partial charge < -0.3 is 10.1 Å². The van der Waals surface area contributed by atoms with Crippen LogP contribution >= 0.6 is 0 Å². The van der Waals surface area contributed by atoms with E-state index in [4.69, 9.17) is 4.74 Å². The Labute approximate surface area is 98.3 Å². The van der Waals surface area contributed by atoms with Gasteiger partial charge in [0, 0.05) is 6.04 Å². The Hall–Kier alpha value is -1.28. The number of hydrogen-bond acceptors (Lipinski definition) is 2. The second-order valence-electron chi connectivity index (χ2n) is 3.92. The van der Waals surface area contributed by atoms with Gasteiger partial charge in [-0.25, -0.2) is 0 Å². The van der Waals surface area contributed by atoms with Crippen LogP contribution in [0.4, 0.5) is 0 Å². The minimum absolute atomic E-state index is 0.378. The van der Waals surface area contributed by atoms with Gasteiger partial charge in [-0.1, -0.05) is 24.3 Å². The topological polar surface area (TPSA) is 21.3 Å². The molecule has 0 heterocycles. The van der Waals surface area contributed by atoms with Crippen molar-refractivity contribution in [3.05, 3.63) is 41.5 Å². The zero-order valence-corrected chi connectivity index (χ0v) is 10.6. The van der Waals surface area contributed by atoms with Crippen LogP contribution < -0.4 is 10.1 Å².